The summed E-state index contributed by atoms with van der Waals surface area (Å²) in [4.78, 5) is 33.5. The van der Waals surface area contributed by atoms with Gasteiger partial charge in [-0.3, -0.25) is 9.97 Å². The maximum atomic E-state index is 12.8. The molecular formula is C48H50F6N4O4. The average molecular weight is 861 g/mol. The predicted molar refractivity (Wildman–Crippen MR) is 225 cm³/mol. The lowest BCUT2D eigenvalue weighted by molar-refractivity contribution is -0.136. The molecule has 4 aromatic heterocycles. The Hall–Kier alpha value is -5.66. The summed E-state index contributed by atoms with van der Waals surface area (Å²) in [5.74, 6) is -0.387. The minimum atomic E-state index is -4.14. The molecule has 328 valence electrons. The van der Waals surface area contributed by atoms with Gasteiger partial charge in [-0.25, -0.2) is 9.59 Å². The van der Waals surface area contributed by atoms with Gasteiger partial charge >= 0.3 is 24.3 Å². The monoisotopic (exact) mass is 860 g/mol. The third-order valence-electron chi connectivity index (χ3n) is 11.4. The van der Waals surface area contributed by atoms with E-state index in [0.29, 0.717) is 61.3 Å². The number of alkyl halides is 6. The van der Waals surface area contributed by atoms with Crippen LogP contribution in [0.3, 0.4) is 0 Å². The van der Waals surface area contributed by atoms with Crippen molar-refractivity contribution in [2.45, 2.75) is 121 Å². The molecule has 8 nitrogen and oxygen atoms in total. The van der Waals surface area contributed by atoms with Crippen LogP contribution in [0.4, 0.5) is 26.3 Å². The summed E-state index contributed by atoms with van der Waals surface area (Å²) in [6.45, 7) is 3.07. The molecule has 0 radical (unpaired) electrons. The van der Waals surface area contributed by atoms with Crippen LogP contribution < -0.4 is 0 Å². The Morgan fingerprint density at radius 3 is 1.58 bits per heavy atom. The van der Waals surface area contributed by atoms with E-state index in [1.165, 1.54) is 0 Å². The van der Waals surface area contributed by atoms with Gasteiger partial charge in [-0.05, 0) is 138 Å². The lowest BCUT2D eigenvalue weighted by atomic mass is 10.0. The summed E-state index contributed by atoms with van der Waals surface area (Å²) in [7, 11) is 0. The topological polar surface area (TPSA) is 99.2 Å². The summed E-state index contributed by atoms with van der Waals surface area (Å²) in [6, 6.07) is 19.0. The number of carboxylic acids is 1. The van der Waals surface area contributed by atoms with E-state index in [-0.39, 0.29) is 24.4 Å². The van der Waals surface area contributed by atoms with Crippen LogP contribution in [0.25, 0.3) is 21.8 Å². The smallest absolute Gasteiger partial charge is 0.389 e. The zero-order valence-corrected chi connectivity index (χ0v) is 34.6. The highest BCUT2D eigenvalue weighted by molar-refractivity contribution is 5.91. The van der Waals surface area contributed by atoms with E-state index in [1.807, 2.05) is 83.0 Å². The molecule has 6 aromatic rings. The predicted octanol–water partition coefficient (Wildman–Crippen LogP) is 12.3. The second kappa shape index (κ2) is 19.2. The fourth-order valence-corrected chi connectivity index (χ4v) is 7.72. The lowest BCUT2D eigenvalue weighted by Crippen LogP contribution is -2.12. The standard InChI is InChI=1S/C26H29F3N2O2.C22H21F3N2O2/c1-2-3-13-33-25(32)22-16-21(19-6-7-19)17-30-23(22)15-18-5-8-24-20(14-18)9-12-31(24)11-4-10-26(27,28)29;23-22(24,25)7-1-8-27-9-6-16-10-14(2-5-20(16)27)11-19-18(21(28)29)12-17(13-26-19)15-3-4-15/h5,8-9,12,14,16-17,19H,2-4,6-7,10-11,13,15H2,1H3;2,5-6,9-10,12-13,15H,1,3-4,7-8,11H2,(H,28,29). The van der Waals surface area contributed by atoms with Gasteiger partial charge in [0.15, 0.2) is 0 Å². The van der Waals surface area contributed by atoms with Crippen molar-refractivity contribution >= 4 is 33.7 Å². The van der Waals surface area contributed by atoms with Crippen LogP contribution in [0.2, 0.25) is 0 Å². The van der Waals surface area contributed by atoms with Crippen LogP contribution in [-0.4, -0.2) is 55.1 Å². The zero-order chi connectivity index (χ0) is 44.0. The van der Waals surface area contributed by atoms with Gasteiger partial charge in [-0.15, -0.1) is 0 Å². The van der Waals surface area contributed by atoms with Crippen LogP contribution >= 0.6 is 0 Å². The van der Waals surface area contributed by atoms with E-state index in [4.69, 9.17) is 4.74 Å². The van der Waals surface area contributed by atoms with E-state index >= 15 is 0 Å². The number of carbonyl (C=O) groups is 2. The molecule has 2 aromatic carbocycles. The number of ether oxygens (including phenoxy) is 1. The average Bonchev–Trinajstić information content (AvgIpc) is 4.17. The summed E-state index contributed by atoms with van der Waals surface area (Å²) >= 11 is 0. The van der Waals surface area contributed by atoms with Crippen molar-refractivity contribution in [1.29, 1.82) is 0 Å². The van der Waals surface area contributed by atoms with E-state index < -0.39 is 31.2 Å². The number of carbonyl (C=O) groups excluding carboxylic acids is 1. The number of halogens is 6. The van der Waals surface area contributed by atoms with Gasteiger partial charge < -0.3 is 19.0 Å². The SMILES string of the molecule is CCCCOC(=O)c1cc(C2CC2)cnc1Cc1ccc2c(ccn2CCCC(F)(F)F)c1.O=C(O)c1cc(C2CC2)cnc1Cc1ccc2c(ccn2CCCC(F)(F)F)c1. The molecule has 0 amide bonds. The number of nitrogens with zero attached hydrogens (tertiary/aromatic N) is 4. The first kappa shape index (κ1) is 44.4. The molecular weight excluding hydrogens is 811 g/mol. The normalized spacial score (nSPS) is 14.2. The second-order valence-corrected chi connectivity index (χ2v) is 16.5. The number of aromatic carboxylic acids is 1. The van der Waals surface area contributed by atoms with E-state index in [0.717, 1.165) is 82.6 Å². The number of hydrogen-bond donors (Lipinski definition) is 1. The van der Waals surface area contributed by atoms with Crippen LogP contribution in [-0.2, 0) is 30.7 Å². The fourth-order valence-electron chi connectivity index (χ4n) is 7.72. The van der Waals surface area contributed by atoms with Gasteiger partial charge in [0.25, 0.3) is 0 Å². The van der Waals surface area contributed by atoms with Crippen molar-refractivity contribution < 1.29 is 45.8 Å². The van der Waals surface area contributed by atoms with E-state index in [1.54, 1.807) is 18.5 Å². The molecule has 0 unspecified atom stereocenters. The van der Waals surface area contributed by atoms with Crippen molar-refractivity contribution in [3.8, 4) is 0 Å². The van der Waals surface area contributed by atoms with Crippen molar-refractivity contribution in [2.75, 3.05) is 6.61 Å². The molecule has 62 heavy (non-hydrogen) atoms. The Morgan fingerprint density at radius 1 is 0.677 bits per heavy atom. The maximum absolute atomic E-state index is 12.8. The van der Waals surface area contributed by atoms with Gasteiger partial charge in [-0.2, -0.15) is 26.3 Å². The number of benzene rings is 2. The van der Waals surface area contributed by atoms with Crippen molar-refractivity contribution in [3.63, 3.8) is 0 Å². The Bertz CT molecular complexity index is 2520. The number of fused-ring (bicyclic) bond motifs is 2. The number of carboxylic acid groups (broad SMARTS) is 1. The zero-order valence-electron chi connectivity index (χ0n) is 34.6. The highest BCUT2D eigenvalue weighted by Crippen LogP contribution is 2.41. The minimum Gasteiger partial charge on any atom is -0.478 e. The number of hydrogen-bond acceptors (Lipinski definition) is 5. The fraction of sp³-hybridized carbons (Fsp3) is 0.417. The molecule has 14 heteroatoms. The van der Waals surface area contributed by atoms with Crippen LogP contribution in [0.1, 0.15) is 137 Å². The number of aromatic nitrogens is 4. The molecule has 2 fully saturated rings. The second-order valence-electron chi connectivity index (χ2n) is 16.5. The molecule has 0 bridgehead atoms. The number of unbranched alkanes of at least 4 members (excludes halogenated alkanes) is 1. The molecule has 4 heterocycles. The molecule has 0 spiro atoms. The molecule has 0 atom stereocenters. The molecule has 0 saturated heterocycles. The van der Waals surface area contributed by atoms with Crippen molar-refractivity contribution in [3.05, 3.63) is 130 Å². The first-order valence-electron chi connectivity index (χ1n) is 21.3. The first-order valence-corrected chi connectivity index (χ1v) is 21.3. The summed E-state index contributed by atoms with van der Waals surface area (Å²) in [5, 5.41) is 11.4. The highest BCUT2D eigenvalue weighted by atomic mass is 19.4. The third kappa shape index (κ3) is 12.0. The Kier molecular flexibility index (Phi) is 13.7. The first-order chi connectivity index (χ1) is 29.6. The van der Waals surface area contributed by atoms with Crippen LogP contribution in [0.15, 0.2) is 85.5 Å². The summed E-state index contributed by atoms with van der Waals surface area (Å²) < 4.78 is 83.6. The van der Waals surface area contributed by atoms with E-state index in [9.17, 15) is 41.0 Å². The largest absolute Gasteiger partial charge is 0.478 e. The van der Waals surface area contributed by atoms with Crippen molar-refractivity contribution in [2.24, 2.45) is 0 Å². The highest BCUT2D eigenvalue weighted by Gasteiger charge is 2.29. The summed E-state index contributed by atoms with van der Waals surface area (Å²) in [5.41, 5.74) is 7.72. The lowest BCUT2D eigenvalue weighted by Gasteiger charge is -2.12. The number of rotatable bonds is 17. The number of esters is 1. The van der Waals surface area contributed by atoms with Gasteiger partial charge in [0.05, 0.1) is 29.1 Å². The maximum Gasteiger partial charge on any atom is 0.389 e. The molecule has 8 rings (SSSR count). The number of aryl methyl sites for hydroxylation is 2. The molecule has 0 aliphatic heterocycles. The molecule has 2 saturated carbocycles. The Balaban J connectivity index is 0.000000188. The third-order valence-corrected chi connectivity index (χ3v) is 11.4. The quantitative estimate of drug-likeness (QED) is 0.0557. The summed E-state index contributed by atoms with van der Waals surface area (Å²) in [6.07, 6.45) is 4.55. The molecule has 2 aliphatic rings. The van der Waals surface area contributed by atoms with Gasteiger partial charge in [-0.1, -0.05) is 25.5 Å². The van der Waals surface area contributed by atoms with Crippen LogP contribution in [0.5, 0.6) is 0 Å². The van der Waals surface area contributed by atoms with Gasteiger partial charge in [0.1, 0.15) is 0 Å². The van der Waals surface area contributed by atoms with Gasteiger partial charge in [0.2, 0.25) is 0 Å². The molecule has 1 N–H and O–H groups in total. The Morgan fingerprint density at radius 2 is 1.15 bits per heavy atom. The minimum absolute atomic E-state index is 0.0360. The molecule has 2 aliphatic carbocycles. The Labute approximate surface area is 355 Å². The van der Waals surface area contributed by atoms with Crippen LogP contribution in [0, 0.1) is 0 Å². The van der Waals surface area contributed by atoms with Gasteiger partial charge in [0, 0.05) is 74.6 Å². The van der Waals surface area contributed by atoms with E-state index in [2.05, 4.69) is 9.97 Å². The van der Waals surface area contributed by atoms with Crippen molar-refractivity contribution in [1.82, 2.24) is 19.1 Å². The number of pyridine rings is 2.